The molecule has 0 aromatic carbocycles. The van der Waals surface area contributed by atoms with Crippen molar-refractivity contribution in [1.82, 2.24) is 0 Å². The number of carbonyl (C=O) groups is 1. The van der Waals surface area contributed by atoms with Crippen LogP contribution in [0.5, 0.6) is 0 Å². The van der Waals surface area contributed by atoms with Gasteiger partial charge in [0.1, 0.15) is 6.61 Å². The van der Waals surface area contributed by atoms with Crippen molar-refractivity contribution in [2.75, 3.05) is 6.61 Å². The van der Waals surface area contributed by atoms with Gasteiger partial charge >= 0.3 is 0 Å². The molecule has 0 unspecified atom stereocenters. The highest BCUT2D eigenvalue weighted by atomic mass is 79.9. The minimum atomic E-state index is 0.0578. The van der Waals surface area contributed by atoms with Crippen LogP contribution >= 0.6 is 43.2 Å². The number of carbonyl (C=O) groups excluding carboxylic acids is 1. The minimum absolute atomic E-state index is 0.0578. The van der Waals surface area contributed by atoms with E-state index in [9.17, 15) is 4.79 Å². The molecule has 1 aliphatic rings. The second-order valence-electron chi connectivity index (χ2n) is 4.85. The maximum atomic E-state index is 12.0. The summed E-state index contributed by atoms with van der Waals surface area (Å²) in [5.41, 5.74) is 0.719. The molecular formula is C13H16Br2O2S. The highest BCUT2D eigenvalue weighted by Crippen LogP contribution is 2.32. The Morgan fingerprint density at radius 2 is 2.06 bits per heavy atom. The van der Waals surface area contributed by atoms with Crippen LogP contribution in [0.15, 0.2) is 13.6 Å². The fourth-order valence-electron chi connectivity index (χ4n) is 2.20. The van der Waals surface area contributed by atoms with Crippen LogP contribution in [-0.4, -0.2) is 18.5 Å². The number of thiophene rings is 1. The van der Waals surface area contributed by atoms with Gasteiger partial charge in [-0.15, -0.1) is 11.3 Å². The van der Waals surface area contributed by atoms with Gasteiger partial charge in [-0.1, -0.05) is 6.92 Å². The van der Waals surface area contributed by atoms with Crippen LogP contribution < -0.4 is 0 Å². The minimum Gasteiger partial charge on any atom is -0.370 e. The van der Waals surface area contributed by atoms with Gasteiger partial charge < -0.3 is 4.74 Å². The van der Waals surface area contributed by atoms with Gasteiger partial charge in [-0.05, 0) is 69.5 Å². The van der Waals surface area contributed by atoms with Crippen LogP contribution in [0.1, 0.15) is 43.0 Å². The van der Waals surface area contributed by atoms with Gasteiger partial charge in [0.2, 0.25) is 0 Å². The average Bonchev–Trinajstić information content (AvgIpc) is 2.67. The third kappa shape index (κ3) is 3.89. The number of halogens is 2. The van der Waals surface area contributed by atoms with E-state index in [1.165, 1.54) is 24.2 Å². The lowest BCUT2D eigenvalue weighted by Gasteiger charge is -2.25. The summed E-state index contributed by atoms with van der Waals surface area (Å²) in [6, 6.07) is 1.85. The van der Waals surface area contributed by atoms with Crippen molar-refractivity contribution in [1.29, 1.82) is 0 Å². The van der Waals surface area contributed by atoms with Gasteiger partial charge in [-0.25, -0.2) is 0 Å². The van der Waals surface area contributed by atoms with Gasteiger partial charge in [0.15, 0.2) is 5.78 Å². The maximum absolute atomic E-state index is 12.0. The number of hydrogen-bond donors (Lipinski definition) is 0. The highest BCUT2D eigenvalue weighted by molar-refractivity contribution is 9.12. The molecule has 0 spiro atoms. The van der Waals surface area contributed by atoms with Crippen LogP contribution in [0, 0.1) is 5.92 Å². The monoisotopic (exact) mass is 394 g/mol. The molecule has 0 radical (unpaired) electrons. The highest BCUT2D eigenvalue weighted by Gasteiger charge is 2.21. The summed E-state index contributed by atoms with van der Waals surface area (Å²) in [5, 5.41) is 0. The summed E-state index contributed by atoms with van der Waals surface area (Å²) in [4.78, 5) is 12.0. The Morgan fingerprint density at radius 3 is 2.61 bits per heavy atom. The molecule has 0 amide bonds. The fraction of sp³-hybridized carbons (Fsp3) is 0.615. The molecule has 5 heteroatoms. The summed E-state index contributed by atoms with van der Waals surface area (Å²) in [6.45, 7) is 2.47. The topological polar surface area (TPSA) is 26.3 Å². The first kappa shape index (κ1) is 14.7. The van der Waals surface area contributed by atoms with E-state index >= 15 is 0 Å². The Bertz CT molecular complexity index is 423. The number of ether oxygens (including phenoxy) is 1. The third-order valence-electron chi connectivity index (χ3n) is 3.37. The number of ketones is 1. The predicted octanol–water partition coefficient (Wildman–Crippen LogP) is 5.05. The van der Waals surface area contributed by atoms with Crippen LogP contribution in [0.25, 0.3) is 0 Å². The fourth-order valence-corrected chi connectivity index (χ4v) is 5.05. The zero-order chi connectivity index (χ0) is 13.1. The van der Waals surface area contributed by atoms with Crippen LogP contribution in [0.2, 0.25) is 0 Å². The largest absolute Gasteiger partial charge is 0.370 e. The molecule has 1 fully saturated rings. The zero-order valence-corrected chi connectivity index (χ0v) is 14.2. The van der Waals surface area contributed by atoms with Crippen molar-refractivity contribution in [2.45, 2.75) is 38.7 Å². The summed E-state index contributed by atoms with van der Waals surface area (Å²) >= 11 is 8.30. The molecule has 1 aromatic heterocycles. The molecule has 0 aliphatic heterocycles. The van der Waals surface area contributed by atoms with Gasteiger partial charge in [0.25, 0.3) is 0 Å². The van der Waals surface area contributed by atoms with Crippen molar-refractivity contribution in [3.63, 3.8) is 0 Å². The Labute approximate surface area is 128 Å². The number of Topliss-reactive ketones (excluding diaryl/α,β-unsaturated/α-hetero) is 1. The lowest BCUT2D eigenvalue weighted by molar-refractivity contribution is 0.0217. The Hall–Kier alpha value is 0.290. The van der Waals surface area contributed by atoms with Crippen LogP contribution in [0.4, 0.5) is 0 Å². The van der Waals surface area contributed by atoms with E-state index in [0.717, 1.165) is 31.9 Å². The van der Waals surface area contributed by atoms with E-state index in [1.807, 2.05) is 6.07 Å². The standard InChI is InChI=1S/C13H16Br2O2S/c1-8-2-4-9(5-3-8)17-7-11(16)10-6-12(14)18-13(10)15/h6,8-9H,2-5,7H2,1H3. The SMILES string of the molecule is CC1CCC(OCC(=O)c2cc(Br)sc2Br)CC1. The molecule has 1 heterocycles. The van der Waals surface area contributed by atoms with Gasteiger partial charge in [0.05, 0.1) is 13.7 Å². The normalized spacial score (nSPS) is 24.2. The lowest BCUT2D eigenvalue weighted by atomic mass is 9.89. The molecule has 1 saturated carbocycles. The van der Waals surface area contributed by atoms with Gasteiger partial charge in [0, 0.05) is 5.56 Å². The lowest BCUT2D eigenvalue weighted by Crippen LogP contribution is -2.23. The molecule has 18 heavy (non-hydrogen) atoms. The summed E-state index contributed by atoms with van der Waals surface area (Å²) in [7, 11) is 0. The molecule has 0 N–H and O–H groups in total. The van der Waals surface area contributed by atoms with Gasteiger partial charge in [-0.2, -0.15) is 0 Å². The number of hydrogen-bond acceptors (Lipinski definition) is 3. The molecular weight excluding hydrogens is 380 g/mol. The van der Waals surface area contributed by atoms with Crippen LogP contribution in [-0.2, 0) is 4.74 Å². The van der Waals surface area contributed by atoms with Crippen molar-refractivity contribution < 1.29 is 9.53 Å². The van der Waals surface area contributed by atoms with Crippen molar-refractivity contribution in [3.05, 3.63) is 19.2 Å². The van der Waals surface area contributed by atoms with Crippen molar-refractivity contribution >= 4 is 49.0 Å². The maximum Gasteiger partial charge on any atom is 0.190 e. The quantitative estimate of drug-likeness (QED) is 0.666. The first-order chi connectivity index (χ1) is 8.56. The Balaban J connectivity index is 1.83. The molecule has 1 aromatic rings. The molecule has 0 bridgehead atoms. The van der Waals surface area contributed by atoms with E-state index in [1.54, 1.807) is 0 Å². The molecule has 0 saturated heterocycles. The van der Waals surface area contributed by atoms with Crippen molar-refractivity contribution in [2.24, 2.45) is 5.92 Å². The predicted molar refractivity (Wildman–Crippen MR) is 81.4 cm³/mol. The second-order valence-corrected chi connectivity index (χ2v) is 8.60. The van der Waals surface area contributed by atoms with Gasteiger partial charge in [-0.3, -0.25) is 4.79 Å². The zero-order valence-electron chi connectivity index (χ0n) is 10.2. The summed E-state index contributed by atoms with van der Waals surface area (Å²) < 4.78 is 7.57. The average molecular weight is 396 g/mol. The molecule has 2 rings (SSSR count). The smallest absolute Gasteiger partial charge is 0.190 e. The Morgan fingerprint density at radius 1 is 1.39 bits per heavy atom. The number of rotatable bonds is 4. The first-order valence-electron chi connectivity index (χ1n) is 6.16. The first-order valence-corrected chi connectivity index (χ1v) is 8.56. The van der Waals surface area contributed by atoms with E-state index in [-0.39, 0.29) is 18.5 Å². The molecule has 1 aliphatic carbocycles. The van der Waals surface area contributed by atoms with E-state index < -0.39 is 0 Å². The van der Waals surface area contributed by atoms with Crippen molar-refractivity contribution in [3.8, 4) is 0 Å². The Kier molecular flexibility index (Phi) is 5.42. The second kappa shape index (κ2) is 6.64. The molecule has 2 nitrogen and oxygen atoms in total. The third-order valence-corrected chi connectivity index (χ3v) is 5.71. The summed E-state index contributed by atoms with van der Waals surface area (Å²) in [6.07, 6.45) is 4.87. The van der Waals surface area contributed by atoms with E-state index in [2.05, 4.69) is 38.8 Å². The van der Waals surface area contributed by atoms with Crippen LogP contribution in [0.3, 0.4) is 0 Å². The molecule has 100 valence electrons. The van der Waals surface area contributed by atoms with E-state index in [4.69, 9.17) is 4.74 Å². The molecule has 0 atom stereocenters. The summed E-state index contributed by atoms with van der Waals surface area (Å²) in [5.74, 6) is 0.866. The van der Waals surface area contributed by atoms with E-state index in [0.29, 0.717) is 0 Å².